The lowest BCUT2D eigenvalue weighted by atomic mass is 10.3. The fourth-order valence-electron chi connectivity index (χ4n) is 1.05. The van der Waals surface area contributed by atoms with Gasteiger partial charge in [0.2, 0.25) is 0 Å². The number of para-hydroxylation sites is 2. The van der Waals surface area contributed by atoms with E-state index in [0.29, 0.717) is 5.69 Å². The van der Waals surface area contributed by atoms with Crippen LogP contribution in [0.4, 0.5) is 0 Å². The Balaban J connectivity index is 2.75. The van der Waals surface area contributed by atoms with Crippen LogP contribution in [0.2, 0.25) is 0 Å². The van der Waals surface area contributed by atoms with Crippen LogP contribution in [-0.2, 0) is 0 Å². The van der Waals surface area contributed by atoms with E-state index in [1.807, 2.05) is 24.3 Å². The van der Waals surface area contributed by atoms with Crippen LogP contribution in [0.5, 0.6) is 0 Å². The fourth-order valence-corrected chi connectivity index (χ4v) is 1.05. The highest BCUT2D eigenvalue weighted by atomic mass is 14.8. The maximum Gasteiger partial charge on any atom is 0.0894 e. The molecule has 1 radical (unpaired) electrons. The molecule has 0 saturated heterocycles. The molecule has 2 nitrogen and oxygen atoms in total. The van der Waals surface area contributed by atoms with E-state index in [9.17, 15) is 0 Å². The molecule has 0 fully saturated rings. The molecule has 0 saturated carbocycles. The number of rotatable bonds is 1. The lowest BCUT2D eigenvalue weighted by Crippen LogP contribution is -1.85. The molecule has 1 aromatic heterocycles. The van der Waals surface area contributed by atoms with E-state index in [2.05, 4.69) is 9.97 Å². The molecule has 0 amide bonds. The minimum Gasteiger partial charge on any atom is -0.252 e. The Kier molecular flexibility index (Phi) is 1.59. The molecular formula is C10H7N2. The van der Waals surface area contributed by atoms with Crippen molar-refractivity contribution < 1.29 is 0 Å². The van der Waals surface area contributed by atoms with Crippen molar-refractivity contribution in [3.63, 3.8) is 0 Å². The Bertz CT molecular complexity index is 421. The maximum absolute atomic E-state index is 5.31. The normalized spacial score (nSPS) is 10.0. The summed E-state index contributed by atoms with van der Waals surface area (Å²) in [7, 11) is 0. The summed E-state index contributed by atoms with van der Waals surface area (Å²) >= 11 is 0. The molecule has 2 heteroatoms. The van der Waals surface area contributed by atoms with Gasteiger partial charge in [0.15, 0.2) is 0 Å². The first kappa shape index (κ1) is 6.98. The summed E-state index contributed by atoms with van der Waals surface area (Å²) in [5.41, 5.74) is 2.47. The van der Waals surface area contributed by atoms with Gasteiger partial charge in [0.25, 0.3) is 0 Å². The van der Waals surface area contributed by atoms with E-state index in [1.165, 1.54) is 6.08 Å². The molecule has 0 N–H and O–H groups in total. The molecule has 0 spiro atoms. The topological polar surface area (TPSA) is 25.8 Å². The molecule has 2 rings (SSSR count). The lowest BCUT2D eigenvalue weighted by Gasteiger charge is -1.95. The predicted octanol–water partition coefficient (Wildman–Crippen LogP) is 2.08. The SMILES string of the molecule is [CH]=Cc1cnc2ccccc2n1. The van der Waals surface area contributed by atoms with Crippen molar-refractivity contribution in [1.29, 1.82) is 0 Å². The largest absolute Gasteiger partial charge is 0.252 e. The highest BCUT2D eigenvalue weighted by Crippen LogP contribution is 2.08. The van der Waals surface area contributed by atoms with Gasteiger partial charge >= 0.3 is 0 Å². The molecule has 12 heavy (non-hydrogen) atoms. The van der Waals surface area contributed by atoms with Crippen LogP contribution >= 0.6 is 0 Å². The molecule has 2 aromatic rings. The van der Waals surface area contributed by atoms with Gasteiger partial charge in [-0.25, -0.2) is 4.98 Å². The first-order chi connectivity index (χ1) is 5.90. The molecule has 0 aliphatic carbocycles. The fraction of sp³-hybridized carbons (Fsp3) is 0. The van der Waals surface area contributed by atoms with E-state index >= 15 is 0 Å². The zero-order chi connectivity index (χ0) is 8.39. The zero-order valence-electron chi connectivity index (χ0n) is 6.44. The van der Waals surface area contributed by atoms with Gasteiger partial charge in [0.1, 0.15) is 0 Å². The summed E-state index contributed by atoms with van der Waals surface area (Å²) < 4.78 is 0. The summed E-state index contributed by atoms with van der Waals surface area (Å²) in [5.74, 6) is 0. The van der Waals surface area contributed by atoms with E-state index in [1.54, 1.807) is 6.20 Å². The van der Waals surface area contributed by atoms with Gasteiger partial charge in [-0.1, -0.05) is 18.7 Å². The zero-order valence-corrected chi connectivity index (χ0v) is 6.44. The van der Waals surface area contributed by atoms with Crippen molar-refractivity contribution in [3.8, 4) is 0 Å². The number of hydrogen-bond donors (Lipinski definition) is 0. The molecule has 0 aliphatic heterocycles. The third-order valence-corrected chi connectivity index (χ3v) is 1.64. The van der Waals surface area contributed by atoms with E-state index in [0.717, 1.165) is 11.0 Å². The minimum absolute atomic E-state index is 0.703. The Morgan fingerprint density at radius 2 is 1.92 bits per heavy atom. The van der Waals surface area contributed by atoms with E-state index in [-0.39, 0.29) is 0 Å². The van der Waals surface area contributed by atoms with Crippen LogP contribution < -0.4 is 0 Å². The number of fused-ring (bicyclic) bond motifs is 1. The predicted molar refractivity (Wildman–Crippen MR) is 48.3 cm³/mol. The maximum atomic E-state index is 5.31. The van der Waals surface area contributed by atoms with E-state index < -0.39 is 0 Å². The average molecular weight is 155 g/mol. The molecule has 0 unspecified atom stereocenters. The first-order valence-corrected chi connectivity index (χ1v) is 3.67. The molecular weight excluding hydrogens is 148 g/mol. The number of nitrogens with zero attached hydrogens (tertiary/aromatic N) is 2. The van der Waals surface area contributed by atoms with Gasteiger partial charge in [-0.05, 0) is 18.2 Å². The number of aromatic nitrogens is 2. The van der Waals surface area contributed by atoms with Crippen LogP contribution in [0.25, 0.3) is 17.1 Å². The Morgan fingerprint density at radius 3 is 2.67 bits per heavy atom. The lowest BCUT2D eigenvalue weighted by molar-refractivity contribution is 1.27. The summed E-state index contributed by atoms with van der Waals surface area (Å²) in [6.45, 7) is 5.31. The van der Waals surface area contributed by atoms with Crippen molar-refractivity contribution in [2.24, 2.45) is 0 Å². The molecule has 0 bridgehead atoms. The van der Waals surface area contributed by atoms with Crippen molar-refractivity contribution in [2.45, 2.75) is 0 Å². The van der Waals surface area contributed by atoms with Gasteiger partial charge < -0.3 is 0 Å². The molecule has 57 valence electrons. The van der Waals surface area contributed by atoms with E-state index in [4.69, 9.17) is 6.58 Å². The third-order valence-electron chi connectivity index (χ3n) is 1.64. The van der Waals surface area contributed by atoms with Crippen molar-refractivity contribution >= 4 is 17.1 Å². The monoisotopic (exact) mass is 155 g/mol. The third kappa shape index (κ3) is 1.07. The minimum atomic E-state index is 0.703. The van der Waals surface area contributed by atoms with Crippen LogP contribution in [0.1, 0.15) is 5.69 Å². The first-order valence-electron chi connectivity index (χ1n) is 3.67. The Labute approximate surface area is 70.6 Å². The molecule has 1 heterocycles. The second kappa shape index (κ2) is 2.74. The van der Waals surface area contributed by atoms with Crippen molar-refractivity contribution in [2.75, 3.05) is 0 Å². The summed E-state index contributed by atoms with van der Waals surface area (Å²) in [4.78, 5) is 8.43. The number of hydrogen-bond acceptors (Lipinski definition) is 2. The van der Waals surface area contributed by atoms with Crippen molar-refractivity contribution in [1.82, 2.24) is 9.97 Å². The second-order valence-corrected chi connectivity index (χ2v) is 2.45. The van der Waals surface area contributed by atoms with Gasteiger partial charge in [-0.15, -0.1) is 0 Å². The van der Waals surface area contributed by atoms with Crippen LogP contribution in [0.15, 0.2) is 30.5 Å². The summed E-state index contributed by atoms with van der Waals surface area (Å²) in [6, 6.07) is 7.69. The van der Waals surface area contributed by atoms with Gasteiger partial charge in [0.05, 0.1) is 22.9 Å². The molecule has 1 aromatic carbocycles. The molecule has 0 aliphatic rings. The second-order valence-electron chi connectivity index (χ2n) is 2.45. The van der Waals surface area contributed by atoms with Gasteiger partial charge in [-0.2, -0.15) is 0 Å². The van der Waals surface area contributed by atoms with Crippen LogP contribution in [0.3, 0.4) is 0 Å². The molecule has 0 atom stereocenters. The highest BCUT2D eigenvalue weighted by Gasteiger charge is 1.93. The van der Waals surface area contributed by atoms with Gasteiger partial charge in [0, 0.05) is 0 Å². The standard InChI is InChI=1S/C10H7N2/c1-2-8-7-11-9-5-3-4-6-10(9)12-8/h1-7H. The van der Waals surface area contributed by atoms with Crippen molar-refractivity contribution in [3.05, 3.63) is 42.7 Å². The smallest absolute Gasteiger partial charge is 0.0894 e. The Morgan fingerprint density at radius 1 is 1.17 bits per heavy atom. The van der Waals surface area contributed by atoms with Crippen LogP contribution in [0, 0.1) is 6.58 Å². The van der Waals surface area contributed by atoms with Crippen LogP contribution in [-0.4, -0.2) is 9.97 Å². The average Bonchev–Trinajstić information content (AvgIpc) is 2.17. The highest BCUT2D eigenvalue weighted by molar-refractivity contribution is 5.74. The summed E-state index contributed by atoms with van der Waals surface area (Å²) in [5, 5.41) is 0. The summed E-state index contributed by atoms with van der Waals surface area (Å²) in [6.07, 6.45) is 3.10. The van der Waals surface area contributed by atoms with Gasteiger partial charge in [-0.3, -0.25) is 4.98 Å². The number of benzene rings is 1. The quantitative estimate of drug-likeness (QED) is 0.630. The Hall–Kier alpha value is -1.70.